The van der Waals surface area contributed by atoms with Crippen molar-refractivity contribution in [3.05, 3.63) is 0 Å². The van der Waals surface area contributed by atoms with Gasteiger partial charge < -0.3 is 28.2 Å². The Kier molecular flexibility index (Phi) is 68.0. The molecule has 0 aliphatic carbocycles. The van der Waals surface area contributed by atoms with Crippen molar-refractivity contribution in [2.75, 3.05) is 0 Å². The number of rotatable bonds is 1. The van der Waals surface area contributed by atoms with E-state index in [0.717, 1.165) is 0 Å². The first-order chi connectivity index (χ1) is 3.91. The third-order valence-corrected chi connectivity index (χ3v) is 0.0556. The molecule has 0 rings (SSSR count). The molecule has 0 fully saturated rings. The van der Waals surface area contributed by atoms with Gasteiger partial charge >= 0.3 is 118 Å². The summed E-state index contributed by atoms with van der Waals surface area (Å²) in [7, 11) is -5.61. The first-order valence-corrected chi connectivity index (χ1v) is 3.25. The normalized spacial score (nSPS) is 6.15. The van der Waals surface area contributed by atoms with Gasteiger partial charge in [-0.2, -0.15) is 0 Å². The summed E-state index contributed by atoms with van der Waals surface area (Å²) in [6.45, 7) is 0. The largest absolute Gasteiger partial charge is 1.00 e. The van der Waals surface area contributed by atoms with Crippen molar-refractivity contribution < 1.29 is 147 Å². The molecule has 0 aromatic carbocycles. The minimum atomic E-state index is -5.61. The molecule has 54 valence electrons. The quantitative estimate of drug-likeness (QED) is 0.255. The molecule has 13 heavy (non-hydrogen) atoms. The second-order valence-corrected chi connectivity index (χ2v) is 1.77. The molecule has 0 N–H and O–H groups in total. The van der Waals surface area contributed by atoms with Crippen molar-refractivity contribution >= 4 is 21.6 Å². The van der Waals surface area contributed by atoms with Crippen LogP contribution < -0.4 is 137 Å². The molecule has 0 bridgehead atoms. The first-order valence-electron chi connectivity index (χ1n) is 1.62. The standard InChI is InChI=1S/C2H2O2.4Na.O4Si/c3-1-2-4;;;;;1-5(2,3)4/h1-2H;;;;;/q;4*+1;-4. The maximum Gasteiger partial charge on any atom is 1.00 e. The smallest absolute Gasteiger partial charge is 0.894 e. The Morgan fingerprint density at radius 1 is 0.692 bits per heavy atom. The van der Waals surface area contributed by atoms with E-state index in [-0.39, 0.29) is 131 Å². The maximum absolute atomic E-state index is 8.81. The molecule has 0 aliphatic rings. The minimum Gasteiger partial charge on any atom is -0.894 e. The Hall–Kier alpha value is 3.40. The average molecular weight is 242 g/mol. The molecule has 0 spiro atoms. The molecule has 0 atom stereocenters. The maximum atomic E-state index is 8.81. The van der Waals surface area contributed by atoms with Crippen LogP contribution in [0.4, 0.5) is 0 Å². The van der Waals surface area contributed by atoms with Crippen molar-refractivity contribution in [3.63, 3.8) is 0 Å². The van der Waals surface area contributed by atoms with Gasteiger partial charge in [-0.15, -0.1) is 0 Å². The van der Waals surface area contributed by atoms with E-state index < -0.39 is 9.05 Å². The summed E-state index contributed by atoms with van der Waals surface area (Å²) < 4.78 is 0. The van der Waals surface area contributed by atoms with Crippen LogP contribution in [0, 0.1) is 0 Å². The van der Waals surface area contributed by atoms with E-state index in [1.54, 1.807) is 0 Å². The Morgan fingerprint density at radius 3 is 0.769 bits per heavy atom. The van der Waals surface area contributed by atoms with Crippen LogP contribution in [0.5, 0.6) is 0 Å². The molecule has 11 heteroatoms. The van der Waals surface area contributed by atoms with E-state index in [1.807, 2.05) is 0 Å². The van der Waals surface area contributed by atoms with Crippen molar-refractivity contribution in [2.45, 2.75) is 0 Å². The Morgan fingerprint density at radius 2 is 0.769 bits per heavy atom. The summed E-state index contributed by atoms with van der Waals surface area (Å²) in [5.74, 6) is 0. The number of carbonyl (C=O) groups is 2. The molecule has 0 aliphatic heterocycles. The third kappa shape index (κ3) is 143. The Bertz CT molecular complexity index is 83.1. The number of hydrogen-bond donors (Lipinski definition) is 0. The average Bonchev–Trinajstić information content (AvgIpc) is 1.61. The summed E-state index contributed by atoms with van der Waals surface area (Å²) in [6, 6.07) is 0. The molecule has 0 amide bonds. The van der Waals surface area contributed by atoms with Crippen LogP contribution in [0.25, 0.3) is 0 Å². The number of aldehydes is 2. The topological polar surface area (TPSA) is 126 Å². The Balaban J connectivity index is -0.0000000146. The fourth-order valence-electron chi connectivity index (χ4n) is 0. The van der Waals surface area contributed by atoms with Crippen LogP contribution in [0.15, 0.2) is 0 Å². The molecule has 0 unspecified atom stereocenters. The van der Waals surface area contributed by atoms with E-state index in [4.69, 9.17) is 28.8 Å². The fourth-order valence-corrected chi connectivity index (χ4v) is 0. The first kappa shape index (κ1) is 36.0. The van der Waals surface area contributed by atoms with E-state index >= 15 is 0 Å². The monoisotopic (exact) mass is 242 g/mol. The van der Waals surface area contributed by atoms with Crippen molar-refractivity contribution in [1.82, 2.24) is 0 Å². The molecule has 0 heterocycles. The van der Waals surface area contributed by atoms with E-state index in [9.17, 15) is 0 Å². The molecule has 0 aromatic heterocycles. The SMILES string of the molecule is O=CC=O.[Na+].[Na+].[Na+].[Na+].[O-][Si]([O-])([O-])[O-]. The van der Waals surface area contributed by atoms with Gasteiger partial charge in [0, 0.05) is 0 Å². The predicted molar refractivity (Wildman–Crippen MR) is 17.9 cm³/mol. The van der Waals surface area contributed by atoms with E-state index in [0.29, 0.717) is 0 Å². The molecular formula is C2H2Na4O6Si. The van der Waals surface area contributed by atoms with Gasteiger partial charge in [-0.1, -0.05) is 0 Å². The summed E-state index contributed by atoms with van der Waals surface area (Å²) in [4.78, 5) is 51.9. The summed E-state index contributed by atoms with van der Waals surface area (Å²) in [5.41, 5.74) is 0. The second-order valence-electron chi connectivity index (χ2n) is 0.772. The van der Waals surface area contributed by atoms with Gasteiger partial charge in [-0.25, -0.2) is 0 Å². The van der Waals surface area contributed by atoms with Crippen LogP contribution in [0.2, 0.25) is 0 Å². The third-order valence-electron chi connectivity index (χ3n) is 0.0556. The summed E-state index contributed by atoms with van der Waals surface area (Å²) in [5, 5.41) is 0. The van der Waals surface area contributed by atoms with Crippen LogP contribution in [-0.4, -0.2) is 21.6 Å². The van der Waals surface area contributed by atoms with E-state index in [2.05, 4.69) is 0 Å². The van der Waals surface area contributed by atoms with Gasteiger partial charge in [0.2, 0.25) is 0 Å². The zero-order valence-corrected chi connectivity index (χ0v) is 17.1. The number of carbonyl (C=O) groups excluding carboxylic acids is 2. The van der Waals surface area contributed by atoms with Gasteiger partial charge in [0.05, 0.1) is 0 Å². The minimum absolute atomic E-state index is 0. The van der Waals surface area contributed by atoms with Crippen LogP contribution >= 0.6 is 0 Å². The molecule has 0 aromatic rings. The molecule has 0 saturated carbocycles. The molecule has 0 radical (unpaired) electrons. The van der Waals surface area contributed by atoms with Gasteiger partial charge in [0.15, 0.2) is 12.6 Å². The van der Waals surface area contributed by atoms with Crippen molar-refractivity contribution in [2.24, 2.45) is 0 Å². The van der Waals surface area contributed by atoms with Crippen molar-refractivity contribution in [3.8, 4) is 0 Å². The van der Waals surface area contributed by atoms with E-state index in [1.165, 1.54) is 0 Å². The van der Waals surface area contributed by atoms with Gasteiger partial charge in [-0.3, -0.25) is 9.59 Å². The van der Waals surface area contributed by atoms with Gasteiger partial charge in [0.1, 0.15) is 0 Å². The van der Waals surface area contributed by atoms with Gasteiger partial charge in [-0.05, 0) is 0 Å². The fraction of sp³-hybridized carbons (Fsp3) is 0. The number of hydrogen-bond acceptors (Lipinski definition) is 6. The Labute approximate surface area is 165 Å². The molecular weight excluding hydrogens is 240 g/mol. The van der Waals surface area contributed by atoms with Crippen LogP contribution in [0.1, 0.15) is 0 Å². The van der Waals surface area contributed by atoms with Crippen LogP contribution in [0.3, 0.4) is 0 Å². The zero-order valence-electron chi connectivity index (χ0n) is 8.10. The molecule has 6 nitrogen and oxygen atoms in total. The second kappa shape index (κ2) is 24.6. The van der Waals surface area contributed by atoms with Crippen LogP contribution in [-0.2, 0) is 9.59 Å². The zero-order chi connectivity index (χ0) is 7.91. The van der Waals surface area contributed by atoms with Crippen molar-refractivity contribution in [1.29, 1.82) is 0 Å². The van der Waals surface area contributed by atoms with Gasteiger partial charge in [0.25, 0.3) is 0 Å². The molecule has 0 saturated heterocycles. The summed E-state index contributed by atoms with van der Waals surface area (Å²) >= 11 is 0. The predicted octanol–water partition coefficient (Wildman–Crippen LogP) is -17.7. The summed E-state index contributed by atoms with van der Waals surface area (Å²) in [6.07, 6.45) is 0.389.